The first-order chi connectivity index (χ1) is 15.7. The molecular weight excluding hydrogens is 474 g/mol. The van der Waals surface area contributed by atoms with Gasteiger partial charge in [-0.1, -0.05) is 0 Å². The van der Waals surface area contributed by atoms with Crippen LogP contribution in [0.4, 0.5) is 9.59 Å². The summed E-state index contributed by atoms with van der Waals surface area (Å²) in [5.74, 6) is -0.511. The monoisotopic (exact) mass is 507 g/mol. The van der Waals surface area contributed by atoms with Crippen molar-refractivity contribution in [1.82, 2.24) is 25.7 Å². The van der Waals surface area contributed by atoms with Crippen LogP contribution in [-0.2, 0) is 29.1 Å². The van der Waals surface area contributed by atoms with Gasteiger partial charge in [0.2, 0.25) is 0 Å². The molecule has 3 aliphatic rings. The van der Waals surface area contributed by atoms with E-state index in [1.807, 2.05) is 6.92 Å². The number of carbonyl (C=O) groups is 3. The molecule has 3 fully saturated rings. The zero-order valence-corrected chi connectivity index (χ0v) is 20.5. The van der Waals surface area contributed by atoms with E-state index >= 15 is 0 Å². The standard InChI is InChI=1S/C19H33N5O9S/c1-12(20-17(26)31-19(2,3)4)22-9-7-14(8-10-22)32-21-16(25)15-6-5-13-11-23(15)18(27)24(13)33-34(28,29)30/h12-15H,5-11H2,1-4H3,(H,20,26)(H,21,25)(H,28,29,30)/t12?,13-,15+/m1/s1. The van der Waals surface area contributed by atoms with E-state index in [2.05, 4.69) is 20.0 Å². The Hall–Kier alpha value is -2.20. The van der Waals surface area contributed by atoms with Crippen LogP contribution in [0, 0.1) is 0 Å². The van der Waals surface area contributed by atoms with Crippen molar-refractivity contribution in [3.05, 3.63) is 0 Å². The van der Waals surface area contributed by atoms with Crippen molar-refractivity contribution in [3.8, 4) is 0 Å². The van der Waals surface area contributed by atoms with Gasteiger partial charge in [0.1, 0.15) is 11.6 Å². The van der Waals surface area contributed by atoms with Crippen molar-refractivity contribution in [2.24, 2.45) is 0 Å². The number of rotatable bonds is 7. The normalized spacial score (nSPS) is 25.3. The predicted molar refractivity (Wildman–Crippen MR) is 116 cm³/mol. The molecule has 14 nitrogen and oxygen atoms in total. The molecule has 0 radical (unpaired) electrons. The van der Waals surface area contributed by atoms with Crippen LogP contribution in [0.2, 0.25) is 0 Å². The Balaban J connectivity index is 1.42. The third-order valence-electron chi connectivity index (χ3n) is 5.88. The number of urea groups is 1. The molecule has 3 saturated heterocycles. The van der Waals surface area contributed by atoms with Crippen molar-refractivity contribution in [2.45, 2.75) is 83.3 Å². The van der Waals surface area contributed by atoms with Gasteiger partial charge in [-0.3, -0.25) is 19.1 Å². The molecule has 3 aliphatic heterocycles. The van der Waals surface area contributed by atoms with E-state index in [1.54, 1.807) is 20.8 Å². The number of nitrogens with zero attached hydrogens (tertiary/aromatic N) is 3. The second-order valence-corrected chi connectivity index (χ2v) is 10.7. The topological polar surface area (TPSA) is 167 Å². The van der Waals surface area contributed by atoms with Gasteiger partial charge in [-0.2, -0.15) is 13.5 Å². The summed E-state index contributed by atoms with van der Waals surface area (Å²) < 4.78 is 40.4. The number of alkyl carbamates (subject to hydrolysis) is 1. The Morgan fingerprint density at radius 3 is 2.38 bits per heavy atom. The van der Waals surface area contributed by atoms with Gasteiger partial charge in [-0.25, -0.2) is 15.1 Å². The molecule has 0 aromatic heterocycles. The minimum absolute atomic E-state index is 0.105. The maximum absolute atomic E-state index is 12.6. The van der Waals surface area contributed by atoms with E-state index in [1.165, 1.54) is 4.90 Å². The van der Waals surface area contributed by atoms with Gasteiger partial charge in [0.05, 0.1) is 18.3 Å². The molecule has 4 amide bonds. The van der Waals surface area contributed by atoms with Crippen molar-refractivity contribution in [2.75, 3.05) is 19.6 Å². The number of hydroxylamine groups is 3. The van der Waals surface area contributed by atoms with Crippen LogP contribution < -0.4 is 10.8 Å². The van der Waals surface area contributed by atoms with Gasteiger partial charge in [-0.15, -0.1) is 4.28 Å². The summed E-state index contributed by atoms with van der Waals surface area (Å²) in [5.41, 5.74) is 1.84. The number of hydrogen-bond donors (Lipinski definition) is 3. The van der Waals surface area contributed by atoms with E-state index in [0.717, 1.165) is 0 Å². The molecule has 15 heteroatoms. The zero-order chi connectivity index (χ0) is 25.3. The van der Waals surface area contributed by atoms with Crippen LogP contribution in [-0.4, -0.2) is 95.5 Å². The van der Waals surface area contributed by atoms with Crippen molar-refractivity contribution >= 4 is 28.4 Å². The van der Waals surface area contributed by atoms with Crippen LogP contribution in [0.1, 0.15) is 53.4 Å². The molecule has 1 unspecified atom stereocenters. The molecule has 3 atom stereocenters. The van der Waals surface area contributed by atoms with E-state index in [4.69, 9.17) is 14.1 Å². The molecule has 0 spiro atoms. The van der Waals surface area contributed by atoms with Crippen LogP contribution in [0.3, 0.4) is 0 Å². The molecule has 2 bridgehead atoms. The molecule has 3 heterocycles. The highest BCUT2D eigenvalue weighted by Gasteiger charge is 2.49. The molecule has 34 heavy (non-hydrogen) atoms. The smallest absolute Gasteiger partial charge is 0.418 e. The number of hydrogen-bond acceptors (Lipinski definition) is 9. The molecule has 3 rings (SSSR count). The second kappa shape index (κ2) is 10.2. The molecule has 0 saturated carbocycles. The number of fused-ring (bicyclic) bond motifs is 2. The molecule has 0 aromatic rings. The van der Waals surface area contributed by atoms with Crippen molar-refractivity contribution in [3.63, 3.8) is 0 Å². The first-order valence-electron chi connectivity index (χ1n) is 11.2. The third-order valence-corrected chi connectivity index (χ3v) is 6.23. The summed E-state index contributed by atoms with van der Waals surface area (Å²) in [7, 11) is -4.85. The number of carbonyl (C=O) groups excluding carboxylic acids is 3. The van der Waals surface area contributed by atoms with Crippen LogP contribution in [0.25, 0.3) is 0 Å². The van der Waals surface area contributed by atoms with Crippen LogP contribution in [0.5, 0.6) is 0 Å². The lowest BCUT2D eigenvalue weighted by Gasteiger charge is -2.36. The first kappa shape index (κ1) is 26.4. The lowest BCUT2D eigenvalue weighted by atomic mass is 10.0. The quantitative estimate of drug-likeness (QED) is 0.323. The Morgan fingerprint density at radius 2 is 1.79 bits per heavy atom. The number of amides is 4. The van der Waals surface area contributed by atoms with Gasteiger partial charge in [0.15, 0.2) is 0 Å². The van der Waals surface area contributed by atoms with Gasteiger partial charge < -0.3 is 15.0 Å². The minimum atomic E-state index is -4.85. The highest BCUT2D eigenvalue weighted by Crippen LogP contribution is 2.30. The third kappa shape index (κ3) is 6.91. The molecule has 0 aromatic carbocycles. The fourth-order valence-corrected chi connectivity index (χ4v) is 4.65. The largest absolute Gasteiger partial charge is 0.444 e. The lowest BCUT2D eigenvalue weighted by Crippen LogP contribution is -2.53. The van der Waals surface area contributed by atoms with E-state index in [9.17, 15) is 22.8 Å². The summed E-state index contributed by atoms with van der Waals surface area (Å²) in [6.07, 6.45) is 0.906. The predicted octanol–water partition coefficient (Wildman–Crippen LogP) is 0.372. The molecule has 3 N–H and O–H groups in total. The van der Waals surface area contributed by atoms with E-state index in [0.29, 0.717) is 43.8 Å². The summed E-state index contributed by atoms with van der Waals surface area (Å²) in [6.45, 7) is 8.62. The average Bonchev–Trinajstić information content (AvgIpc) is 2.94. The number of nitrogens with one attached hydrogen (secondary N) is 2. The Morgan fingerprint density at radius 1 is 1.15 bits per heavy atom. The van der Waals surface area contributed by atoms with Crippen LogP contribution in [0.15, 0.2) is 0 Å². The maximum Gasteiger partial charge on any atom is 0.418 e. The summed E-state index contributed by atoms with van der Waals surface area (Å²) in [5, 5.41) is 3.39. The minimum Gasteiger partial charge on any atom is -0.444 e. The van der Waals surface area contributed by atoms with Crippen LogP contribution >= 0.6 is 0 Å². The summed E-state index contributed by atoms with van der Waals surface area (Å²) >= 11 is 0. The zero-order valence-electron chi connectivity index (χ0n) is 19.7. The van der Waals surface area contributed by atoms with Gasteiger partial charge in [-0.05, 0) is 53.4 Å². The van der Waals surface area contributed by atoms with E-state index < -0.39 is 46.1 Å². The Bertz CT molecular complexity index is 885. The summed E-state index contributed by atoms with van der Waals surface area (Å²) in [4.78, 5) is 45.9. The van der Waals surface area contributed by atoms with Gasteiger partial charge in [0, 0.05) is 19.6 Å². The summed E-state index contributed by atoms with van der Waals surface area (Å²) in [6, 6.07) is -2.21. The molecule has 0 aliphatic carbocycles. The fourth-order valence-electron chi connectivity index (χ4n) is 4.26. The maximum atomic E-state index is 12.6. The first-order valence-corrected chi connectivity index (χ1v) is 12.6. The molecular formula is C19H33N5O9S. The highest BCUT2D eigenvalue weighted by molar-refractivity contribution is 7.80. The number of piperidine rings is 2. The van der Waals surface area contributed by atoms with Gasteiger partial charge >= 0.3 is 22.5 Å². The number of ether oxygens (including phenoxy) is 1. The number of likely N-dealkylation sites (tertiary alicyclic amines) is 1. The van der Waals surface area contributed by atoms with Crippen molar-refractivity contribution in [1.29, 1.82) is 0 Å². The second-order valence-electron chi connectivity index (χ2n) is 9.65. The van der Waals surface area contributed by atoms with Crippen molar-refractivity contribution < 1.29 is 41.2 Å². The van der Waals surface area contributed by atoms with Gasteiger partial charge in [0.25, 0.3) is 5.91 Å². The lowest BCUT2D eigenvalue weighted by molar-refractivity contribution is -0.146. The average molecular weight is 508 g/mol. The Labute approximate surface area is 198 Å². The Kier molecular flexibility index (Phi) is 7.92. The SMILES string of the molecule is CC(NC(=O)OC(C)(C)C)N1CCC(ONC(=O)[C@@H]2CC[C@@H]3CN2C(=O)N3OS(=O)(=O)O)CC1. The van der Waals surface area contributed by atoms with E-state index in [-0.39, 0.29) is 18.8 Å². The highest BCUT2D eigenvalue weighted by atomic mass is 32.3. The molecule has 194 valence electrons. The fraction of sp³-hybridized carbons (Fsp3) is 0.842.